The lowest BCUT2D eigenvalue weighted by atomic mass is 10.0. The van der Waals surface area contributed by atoms with Crippen molar-refractivity contribution in [1.82, 2.24) is 10.3 Å². The maximum Gasteiger partial charge on any atom is 0.251 e. The second kappa shape index (κ2) is 9.12. The van der Waals surface area contributed by atoms with E-state index in [-0.39, 0.29) is 16.8 Å². The average Bonchev–Trinajstić information content (AvgIpc) is 2.67. The molecule has 0 radical (unpaired) electrons. The normalized spacial score (nSPS) is 11.4. The van der Waals surface area contributed by atoms with E-state index >= 15 is 0 Å². The lowest BCUT2D eigenvalue weighted by Crippen LogP contribution is -2.30. The Morgan fingerprint density at radius 1 is 1.07 bits per heavy atom. The summed E-state index contributed by atoms with van der Waals surface area (Å²) in [5, 5.41) is 6.41. The van der Waals surface area contributed by atoms with E-state index in [9.17, 15) is 4.79 Å². The van der Waals surface area contributed by atoms with Crippen LogP contribution < -0.4 is 16.4 Å². The molecule has 2 atom stereocenters. The molecule has 0 saturated carbocycles. The number of nitrogens with one attached hydrogen (secondary N) is 2. The number of nitrogen functional groups attached to an aromatic ring is 1. The molecule has 2 unspecified atom stereocenters. The summed E-state index contributed by atoms with van der Waals surface area (Å²) in [6, 6.07) is 17.7. The predicted octanol–water partition coefficient (Wildman–Crippen LogP) is 5.14. The van der Waals surface area contributed by atoms with Gasteiger partial charge in [-0.25, -0.2) is 4.98 Å². The van der Waals surface area contributed by atoms with Crippen molar-refractivity contribution in [2.24, 2.45) is 0 Å². The van der Waals surface area contributed by atoms with Crippen LogP contribution in [0.25, 0.3) is 11.1 Å². The SMILES string of the molecule is CC(C)NC(=O)c1ccc(Nc2ccc(C(C)(P)P)cc2)c(-c2ccnc(N)c2)c1. The lowest BCUT2D eigenvalue weighted by molar-refractivity contribution is 0.0943. The molecule has 5 nitrogen and oxygen atoms in total. The Bertz CT molecular complexity index is 1040. The molecule has 0 spiro atoms. The number of carbonyl (C=O) groups is 1. The minimum Gasteiger partial charge on any atom is -0.384 e. The van der Waals surface area contributed by atoms with Crippen LogP contribution in [0.15, 0.2) is 60.8 Å². The molecule has 0 aliphatic rings. The van der Waals surface area contributed by atoms with Crippen molar-refractivity contribution in [2.45, 2.75) is 31.7 Å². The van der Waals surface area contributed by atoms with Gasteiger partial charge < -0.3 is 16.4 Å². The maximum atomic E-state index is 12.5. The third-order valence-electron chi connectivity index (χ3n) is 4.58. The minimum atomic E-state index is -0.107. The van der Waals surface area contributed by atoms with Gasteiger partial charge in [-0.3, -0.25) is 4.79 Å². The molecular formula is C23H28N4OP2. The number of hydrogen-bond donors (Lipinski definition) is 3. The second-order valence-corrected chi connectivity index (χ2v) is 10.9. The van der Waals surface area contributed by atoms with Crippen LogP contribution in [0.4, 0.5) is 17.2 Å². The van der Waals surface area contributed by atoms with Crippen LogP contribution in [-0.2, 0) is 4.90 Å². The maximum absolute atomic E-state index is 12.5. The Kier molecular flexibility index (Phi) is 6.75. The smallest absolute Gasteiger partial charge is 0.251 e. The van der Waals surface area contributed by atoms with Gasteiger partial charge in [0.15, 0.2) is 0 Å². The Balaban J connectivity index is 1.99. The topological polar surface area (TPSA) is 80.0 Å². The summed E-state index contributed by atoms with van der Waals surface area (Å²) in [7, 11) is 5.65. The summed E-state index contributed by atoms with van der Waals surface area (Å²) >= 11 is 0. The Labute approximate surface area is 182 Å². The van der Waals surface area contributed by atoms with Crippen LogP contribution in [0, 0.1) is 0 Å². The van der Waals surface area contributed by atoms with Crippen molar-refractivity contribution in [2.75, 3.05) is 11.1 Å². The van der Waals surface area contributed by atoms with Crippen molar-refractivity contribution < 1.29 is 4.79 Å². The molecule has 1 amide bonds. The van der Waals surface area contributed by atoms with Crippen LogP contribution in [0.2, 0.25) is 0 Å². The van der Waals surface area contributed by atoms with Gasteiger partial charge in [0.25, 0.3) is 5.91 Å². The molecule has 0 aliphatic carbocycles. The molecule has 2 aromatic carbocycles. The number of carbonyl (C=O) groups excluding carboxylic acids is 1. The number of nitrogens with two attached hydrogens (primary N) is 1. The molecule has 0 aliphatic heterocycles. The Morgan fingerprint density at radius 3 is 2.37 bits per heavy atom. The van der Waals surface area contributed by atoms with Crippen LogP contribution in [-0.4, -0.2) is 16.9 Å². The number of aromatic nitrogens is 1. The number of pyridine rings is 1. The molecule has 3 rings (SSSR count). The predicted molar refractivity (Wildman–Crippen MR) is 133 cm³/mol. The summed E-state index contributed by atoms with van der Waals surface area (Å²) < 4.78 is 0. The molecule has 7 heteroatoms. The van der Waals surface area contributed by atoms with E-state index in [0.29, 0.717) is 11.4 Å². The Hall–Kier alpha value is -2.48. The number of hydrogen-bond acceptors (Lipinski definition) is 4. The first-order valence-corrected chi connectivity index (χ1v) is 10.9. The third kappa shape index (κ3) is 5.56. The van der Waals surface area contributed by atoms with Crippen LogP contribution >= 0.6 is 18.5 Å². The highest BCUT2D eigenvalue weighted by molar-refractivity contribution is 7.38. The van der Waals surface area contributed by atoms with Gasteiger partial charge in [-0.1, -0.05) is 12.1 Å². The summed E-state index contributed by atoms with van der Waals surface area (Å²) in [4.78, 5) is 16.6. The quantitative estimate of drug-likeness (QED) is 0.466. The molecule has 1 heterocycles. The molecule has 4 N–H and O–H groups in total. The minimum absolute atomic E-state index is 0.0629. The van der Waals surface area contributed by atoms with Crippen molar-refractivity contribution in [3.05, 3.63) is 71.9 Å². The van der Waals surface area contributed by atoms with Gasteiger partial charge in [0, 0.05) is 39.6 Å². The van der Waals surface area contributed by atoms with E-state index in [2.05, 4.69) is 53.2 Å². The largest absolute Gasteiger partial charge is 0.384 e. The van der Waals surface area contributed by atoms with E-state index in [1.54, 1.807) is 6.20 Å². The van der Waals surface area contributed by atoms with Crippen molar-refractivity contribution in [3.63, 3.8) is 0 Å². The number of amides is 1. The first-order chi connectivity index (χ1) is 14.1. The van der Waals surface area contributed by atoms with Crippen LogP contribution in [0.1, 0.15) is 36.7 Å². The molecule has 0 fully saturated rings. The fourth-order valence-corrected chi connectivity index (χ4v) is 3.45. The molecule has 1 aromatic heterocycles. The van der Waals surface area contributed by atoms with Gasteiger partial charge in [-0.05, 0) is 74.4 Å². The summed E-state index contributed by atoms with van der Waals surface area (Å²) in [6.07, 6.45) is 1.67. The number of benzene rings is 2. The van der Waals surface area contributed by atoms with Gasteiger partial charge in [-0.15, -0.1) is 18.5 Å². The second-order valence-electron chi connectivity index (χ2n) is 7.84. The monoisotopic (exact) mass is 438 g/mol. The molecular weight excluding hydrogens is 410 g/mol. The van der Waals surface area contributed by atoms with Crippen molar-refractivity contribution in [3.8, 4) is 11.1 Å². The highest BCUT2D eigenvalue weighted by Crippen LogP contribution is 2.38. The average molecular weight is 438 g/mol. The highest BCUT2D eigenvalue weighted by atomic mass is 31.1. The number of anilines is 3. The van der Waals surface area contributed by atoms with Crippen molar-refractivity contribution >= 4 is 41.6 Å². The first kappa shape index (κ1) is 22.2. The van der Waals surface area contributed by atoms with Gasteiger partial charge in [0.05, 0.1) is 0 Å². The fraction of sp³-hybridized carbons (Fsp3) is 0.217. The van der Waals surface area contributed by atoms with Gasteiger partial charge in [0.1, 0.15) is 5.82 Å². The standard InChI is InChI=1S/C23H28N4OP2/c1-14(2)26-22(28)16-4-9-20(19(12-16)15-10-11-25-21(24)13-15)27-18-7-5-17(6-8-18)23(3,29)30/h4-14,27H,29-30H2,1-3H3,(H2,24,25)(H,26,28). The van der Waals surface area contributed by atoms with E-state index < -0.39 is 0 Å². The molecule has 0 saturated heterocycles. The van der Waals surface area contributed by atoms with Gasteiger partial charge >= 0.3 is 0 Å². The third-order valence-corrected chi connectivity index (χ3v) is 5.25. The van der Waals surface area contributed by atoms with Gasteiger partial charge in [0.2, 0.25) is 0 Å². The zero-order valence-corrected chi connectivity index (χ0v) is 19.7. The molecule has 156 valence electrons. The van der Waals surface area contributed by atoms with Crippen LogP contribution in [0.5, 0.6) is 0 Å². The van der Waals surface area contributed by atoms with E-state index in [1.807, 2.05) is 56.3 Å². The molecule has 0 bridgehead atoms. The zero-order valence-electron chi connectivity index (χ0n) is 17.4. The molecule has 30 heavy (non-hydrogen) atoms. The van der Waals surface area contributed by atoms with E-state index in [4.69, 9.17) is 5.73 Å². The number of nitrogens with zero attached hydrogens (tertiary/aromatic N) is 1. The summed E-state index contributed by atoms with van der Waals surface area (Å²) in [5.41, 5.74) is 11.3. The van der Waals surface area contributed by atoms with E-state index in [0.717, 1.165) is 22.5 Å². The van der Waals surface area contributed by atoms with Crippen molar-refractivity contribution in [1.29, 1.82) is 0 Å². The van der Waals surface area contributed by atoms with Crippen LogP contribution in [0.3, 0.4) is 0 Å². The number of rotatable bonds is 6. The highest BCUT2D eigenvalue weighted by Gasteiger charge is 2.15. The fourth-order valence-electron chi connectivity index (χ4n) is 3.06. The Morgan fingerprint density at radius 2 is 1.77 bits per heavy atom. The zero-order chi connectivity index (χ0) is 21.9. The summed E-state index contributed by atoms with van der Waals surface area (Å²) in [5.74, 6) is 0.323. The summed E-state index contributed by atoms with van der Waals surface area (Å²) in [6.45, 7) is 6.00. The lowest BCUT2D eigenvalue weighted by Gasteiger charge is -2.19. The molecule has 3 aromatic rings. The van der Waals surface area contributed by atoms with Gasteiger partial charge in [-0.2, -0.15) is 0 Å². The first-order valence-electron chi connectivity index (χ1n) is 9.75. The van der Waals surface area contributed by atoms with E-state index in [1.165, 1.54) is 5.56 Å².